The topological polar surface area (TPSA) is 37.3 Å². The van der Waals surface area contributed by atoms with Gasteiger partial charge in [0.05, 0.1) is 0 Å². The summed E-state index contributed by atoms with van der Waals surface area (Å²) in [7, 11) is 0. The van der Waals surface area contributed by atoms with Gasteiger partial charge in [-0.25, -0.2) is 0 Å². The van der Waals surface area contributed by atoms with Gasteiger partial charge in [0, 0.05) is 6.92 Å². The maximum absolute atomic E-state index is 9.78. The Labute approximate surface area is 36.8 Å². The van der Waals surface area contributed by atoms with Crippen molar-refractivity contribution in [3.8, 4) is 0 Å². The third-order valence-corrected chi connectivity index (χ3v) is 0.466. The van der Waals surface area contributed by atoms with Gasteiger partial charge in [-0.2, -0.15) is 0 Å². The molecule has 0 aromatic carbocycles. The average molecular weight is 87.1 g/mol. The van der Waals surface area contributed by atoms with E-state index in [0.717, 1.165) is 0 Å². The molecule has 0 aromatic heterocycles. The summed E-state index contributed by atoms with van der Waals surface area (Å²) in [5.41, 5.74) is 0. The van der Waals surface area contributed by atoms with E-state index in [1.54, 1.807) is 0 Å². The summed E-state index contributed by atoms with van der Waals surface area (Å²) >= 11 is 0. The molecule has 0 amide bonds. The summed E-state index contributed by atoms with van der Waals surface area (Å²) < 4.78 is 0. The van der Waals surface area contributed by atoms with Crippen molar-refractivity contribution in [3.05, 3.63) is 6.92 Å². The number of carbonyl (C=O) groups excluding carboxylic acids is 1. The molecule has 1 unspecified atom stereocenters. The quantitative estimate of drug-likeness (QED) is 0.479. The smallest absolute Gasteiger partial charge is 0.161 e. The monoisotopic (exact) mass is 87.0 g/mol. The Morgan fingerprint density at radius 3 is 2.17 bits per heavy atom. The van der Waals surface area contributed by atoms with Crippen LogP contribution in [0.2, 0.25) is 0 Å². The summed E-state index contributed by atoms with van der Waals surface area (Å²) in [6.07, 6.45) is -0.898. The molecule has 0 rings (SSSR count). The van der Waals surface area contributed by atoms with Crippen LogP contribution in [-0.2, 0) is 4.79 Å². The van der Waals surface area contributed by atoms with Crippen LogP contribution in [-0.4, -0.2) is 17.0 Å². The van der Waals surface area contributed by atoms with E-state index in [1.165, 1.54) is 6.92 Å². The fourth-order valence-corrected chi connectivity index (χ4v) is 0. The predicted octanol–water partition coefficient (Wildman–Crippen LogP) is -0.230. The van der Waals surface area contributed by atoms with Crippen LogP contribution >= 0.6 is 0 Å². The maximum Gasteiger partial charge on any atom is 0.161 e. The van der Waals surface area contributed by atoms with Crippen molar-refractivity contribution in [1.29, 1.82) is 0 Å². The van der Waals surface area contributed by atoms with Crippen molar-refractivity contribution in [2.24, 2.45) is 0 Å². The number of rotatable bonds is 1. The Morgan fingerprint density at radius 1 is 2.00 bits per heavy atom. The van der Waals surface area contributed by atoms with Crippen molar-refractivity contribution in [1.82, 2.24) is 0 Å². The van der Waals surface area contributed by atoms with E-state index >= 15 is 0 Å². The fraction of sp³-hybridized carbons (Fsp3) is 0.500. The molecule has 0 aliphatic rings. The SMILES string of the molecule is [CH2]C(=O)C(C)O. The lowest BCUT2D eigenvalue weighted by molar-refractivity contribution is -0.121. The molecule has 0 spiro atoms. The molecule has 1 radical (unpaired) electrons. The van der Waals surface area contributed by atoms with Gasteiger partial charge >= 0.3 is 0 Å². The summed E-state index contributed by atoms with van der Waals surface area (Å²) in [5, 5.41) is 8.22. The molecule has 0 heterocycles. The minimum absolute atomic E-state index is 0.435. The number of aliphatic hydroxyl groups excluding tert-OH is 1. The molecule has 1 N–H and O–H groups in total. The van der Waals surface area contributed by atoms with Crippen LogP contribution in [0.25, 0.3) is 0 Å². The Kier molecular flexibility index (Phi) is 1.81. The first-order valence-electron chi connectivity index (χ1n) is 1.68. The van der Waals surface area contributed by atoms with Crippen LogP contribution in [0.1, 0.15) is 6.92 Å². The lowest BCUT2D eigenvalue weighted by Gasteiger charge is -1.90. The molecule has 0 fully saturated rings. The summed E-state index contributed by atoms with van der Waals surface area (Å²) in [6, 6.07) is 0. The zero-order valence-corrected chi connectivity index (χ0v) is 3.64. The maximum atomic E-state index is 9.78. The van der Waals surface area contributed by atoms with E-state index < -0.39 is 11.9 Å². The first kappa shape index (κ1) is 5.63. The highest BCUT2D eigenvalue weighted by molar-refractivity contribution is 5.86. The number of aliphatic hydroxyl groups is 1. The molecule has 0 aliphatic carbocycles. The second-order valence-corrected chi connectivity index (χ2v) is 1.14. The first-order chi connectivity index (χ1) is 2.64. The van der Waals surface area contributed by atoms with E-state index in [4.69, 9.17) is 5.11 Å². The van der Waals surface area contributed by atoms with Gasteiger partial charge in [0.15, 0.2) is 5.78 Å². The van der Waals surface area contributed by atoms with Gasteiger partial charge in [0.2, 0.25) is 0 Å². The van der Waals surface area contributed by atoms with E-state index in [9.17, 15) is 4.79 Å². The Hall–Kier alpha value is -0.370. The third kappa shape index (κ3) is 1.91. The number of hydrogen-bond donors (Lipinski definition) is 1. The number of hydrogen-bond acceptors (Lipinski definition) is 2. The first-order valence-corrected chi connectivity index (χ1v) is 1.68. The standard InChI is InChI=1S/C4H7O2/c1-3(5)4(2)6/h4,6H,1H2,2H3. The van der Waals surface area contributed by atoms with Gasteiger partial charge < -0.3 is 5.11 Å². The summed E-state index contributed by atoms with van der Waals surface area (Å²) in [5.74, 6) is -0.435. The number of ketones is 1. The van der Waals surface area contributed by atoms with Gasteiger partial charge in [-0.1, -0.05) is 0 Å². The minimum Gasteiger partial charge on any atom is -0.386 e. The highest BCUT2D eigenvalue weighted by atomic mass is 16.3. The fourth-order valence-electron chi connectivity index (χ4n) is 0. The zero-order chi connectivity index (χ0) is 5.15. The highest BCUT2D eigenvalue weighted by Crippen LogP contribution is 1.76. The van der Waals surface area contributed by atoms with Crippen LogP contribution in [0.15, 0.2) is 0 Å². The predicted molar refractivity (Wildman–Crippen MR) is 22.0 cm³/mol. The lowest BCUT2D eigenvalue weighted by Crippen LogP contribution is -2.10. The average Bonchev–Trinajstić information content (AvgIpc) is 1.36. The van der Waals surface area contributed by atoms with Crippen LogP contribution in [0.3, 0.4) is 0 Å². The molecule has 0 aliphatic heterocycles. The van der Waals surface area contributed by atoms with Crippen molar-refractivity contribution in [2.75, 3.05) is 0 Å². The van der Waals surface area contributed by atoms with Gasteiger partial charge in [0.25, 0.3) is 0 Å². The molecule has 0 saturated carbocycles. The van der Waals surface area contributed by atoms with Crippen LogP contribution in [0.5, 0.6) is 0 Å². The van der Waals surface area contributed by atoms with Gasteiger partial charge in [-0.15, -0.1) is 0 Å². The zero-order valence-electron chi connectivity index (χ0n) is 3.64. The lowest BCUT2D eigenvalue weighted by atomic mass is 10.3. The molecule has 0 bridgehead atoms. The molecule has 35 valence electrons. The van der Waals surface area contributed by atoms with Crippen LogP contribution in [0, 0.1) is 6.92 Å². The van der Waals surface area contributed by atoms with Gasteiger partial charge in [-0.05, 0) is 6.92 Å². The second kappa shape index (κ2) is 1.92. The van der Waals surface area contributed by atoms with E-state index in [-0.39, 0.29) is 0 Å². The van der Waals surface area contributed by atoms with Crippen molar-refractivity contribution in [3.63, 3.8) is 0 Å². The molecule has 2 heteroatoms. The van der Waals surface area contributed by atoms with Crippen LogP contribution < -0.4 is 0 Å². The number of Topliss-reactive ketones (excluding diaryl/α,β-unsaturated/α-hetero) is 1. The normalized spacial score (nSPS) is 13.8. The van der Waals surface area contributed by atoms with E-state index in [2.05, 4.69) is 6.92 Å². The highest BCUT2D eigenvalue weighted by Gasteiger charge is 1.97. The van der Waals surface area contributed by atoms with Crippen molar-refractivity contribution >= 4 is 5.78 Å². The molecule has 2 nitrogen and oxygen atoms in total. The molecular weight excluding hydrogens is 80.0 g/mol. The largest absolute Gasteiger partial charge is 0.386 e. The van der Waals surface area contributed by atoms with Crippen LogP contribution in [0.4, 0.5) is 0 Å². The summed E-state index contributed by atoms with van der Waals surface area (Å²) in [4.78, 5) is 9.78. The molecule has 1 atom stereocenters. The third-order valence-electron chi connectivity index (χ3n) is 0.466. The molecule has 0 aromatic rings. The summed E-state index contributed by atoms with van der Waals surface area (Å²) in [6.45, 7) is 4.33. The molecule has 6 heavy (non-hydrogen) atoms. The second-order valence-electron chi connectivity index (χ2n) is 1.14. The van der Waals surface area contributed by atoms with Crippen molar-refractivity contribution in [2.45, 2.75) is 13.0 Å². The van der Waals surface area contributed by atoms with E-state index in [1.807, 2.05) is 0 Å². The van der Waals surface area contributed by atoms with Gasteiger partial charge in [0.1, 0.15) is 6.10 Å². The van der Waals surface area contributed by atoms with Gasteiger partial charge in [-0.3, -0.25) is 4.79 Å². The van der Waals surface area contributed by atoms with Crippen molar-refractivity contribution < 1.29 is 9.90 Å². The minimum atomic E-state index is -0.898. The molecular formula is C4H7O2. The number of carbonyl (C=O) groups is 1. The Balaban J connectivity index is 3.26. The Morgan fingerprint density at radius 2 is 2.17 bits per heavy atom. The molecule has 0 saturated heterocycles. The Bertz CT molecular complexity index is 56.6. The van der Waals surface area contributed by atoms with E-state index in [0.29, 0.717) is 0 Å².